The molecule has 0 aliphatic rings. The van der Waals surface area contributed by atoms with Gasteiger partial charge in [0.2, 0.25) is 0 Å². The highest BCUT2D eigenvalue weighted by Crippen LogP contribution is 1.90. The maximum Gasteiger partial charge on any atom is 0.181 e. The molecular formula is C9H14BrN. The number of halogens is 1. The molecule has 0 saturated carbocycles. The van der Waals surface area contributed by atoms with Crippen molar-refractivity contribution >= 4 is 0 Å². The SMILES string of the molecule is CCc1cccc[n+]1CC.[Br-]. The van der Waals surface area contributed by atoms with E-state index in [0.29, 0.717) is 0 Å². The highest BCUT2D eigenvalue weighted by atomic mass is 79.9. The van der Waals surface area contributed by atoms with Gasteiger partial charge in [-0.1, -0.05) is 13.0 Å². The van der Waals surface area contributed by atoms with Crippen molar-refractivity contribution < 1.29 is 21.5 Å². The highest BCUT2D eigenvalue weighted by molar-refractivity contribution is 4.96. The lowest BCUT2D eigenvalue weighted by atomic mass is 10.3. The van der Waals surface area contributed by atoms with Gasteiger partial charge in [0.05, 0.1) is 0 Å². The van der Waals surface area contributed by atoms with Crippen LogP contribution in [0, 0.1) is 0 Å². The van der Waals surface area contributed by atoms with E-state index in [4.69, 9.17) is 0 Å². The summed E-state index contributed by atoms with van der Waals surface area (Å²) in [7, 11) is 0. The molecule has 1 aromatic rings. The average molecular weight is 216 g/mol. The first-order chi connectivity index (χ1) is 4.88. The van der Waals surface area contributed by atoms with Crippen molar-refractivity contribution in [1.29, 1.82) is 0 Å². The second kappa shape index (κ2) is 5.30. The third-order valence-electron chi connectivity index (χ3n) is 1.74. The summed E-state index contributed by atoms with van der Waals surface area (Å²) in [6.45, 7) is 5.42. The van der Waals surface area contributed by atoms with E-state index in [0.717, 1.165) is 13.0 Å². The molecule has 0 aromatic carbocycles. The van der Waals surface area contributed by atoms with Gasteiger partial charge in [-0.2, -0.15) is 0 Å². The second-order valence-corrected chi connectivity index (χ2v) is 2.33. The fourth-order valence-electron chi connectivity index (χ4n) is 1.14. The number of nitrogens with zero attached hydrogens (tertiary/aromatic N) is 1. The Morgan fingerprint density at radius 1 is 1.27 bits per heavy atom. The van der Waals surface area contributed by atoms with Gasteiger partial charge in [-0.05, 0) is 6.92 Å². The summed E-state index contributed by atoms with van der Waals surface area (Å²) in [4.78, 5) is 0. The van der Waals surface area contributed by atoms with E-state index in [1.165, 1.54) is 5.69 Å². The monoisotopic (exact) mass is 215 g/mol. The zero-order chi connectivity index (χ0) is 7.40. The molecule has 0 spiro atoms. The Kier molecular flexibility index (Phi) is 5.12. The number of rotatable bonds is 2. The molecule has 0 radical (unpaired) electrons. The summed E-state index contributed by atoms with van der Waals surface area (Å²) in [6.07, 6.45) is 3.24. The Bertz CT molecular complexity index is 187. The third-order valence-corrected chi connectivity index (χ3v) is 1.74. The van der Waals surface area contributed by atoms with Crippen molar-refractivity contribution in [1.82, 2.24) is 0 Å². The molecule has 0 aliphatic carbocycles. The predicted octanol–water partition coefficient (Wildman–Crippen LogP) is -1.44. The molecule has 0 saturated heterocycles. The van der Waals surface area contributed by atoms with E-state index in [9.17, 15) is 0 Å². The smallest absolute Gasteiger partial charge is 0.181 e. The number of pyridine rings is 1. The van der Waals surface area contributed by atoms with Gasteiger partial charge in [0.25, 0.3) is 0 Å². The summed E-state index contributed by atoms with van der Waals surface area (Å²) >= 11 is 0. The van der Waals surface area contributed by atoms with Crippen molar-refractivity contribution in [2.45, 2.75) is 26.8 Å². The molecule has 62 valence electrons. The molecule has 1 nitrogen and oxygen atoms in total. The first kappa shape index (κ1) is 10.6. The molecule has 0 N–H and O–H groups in total. The Morgan fingerprint density at radius 3 is 2.45 bits per heavy atom. The maximum atomic E-state index is 2.26. The summed E-state index contributed by atoms with van der Waals surface area (Å²) in [6, 6.07) is 6.33. The van der Waals surface area contributed by atoms with Gasteiger partial charge in [0.1, 0.15) is 6.54 Å². The predicted molar refractivity (Wildman–Crippen MR) is 41.7 cm³/mol. The Balaban J connectivity index is 0.000001000. The van der Waals surface area contributed by atoms with Crippen molar-refractivity contribution in [3.8, 4) is 0 Å². The van der Waals surface area contributed by atoms with Crippen molar-refractivity contribution in [3.63, 3.8) is 0 Å². The minimum absolute atomic E-state index is 0. The minimum atomic E-state index is 0. The Hall–Kier alpha value is -0.370. The van der Waals surface area contributed by atoms with Gasteiger partial charge in [-0.3, -0.25) is 0 Å². The van der Waals surface area contributed by atoms with Gasteiger partial charge in [-0.25, -0.2) is 4.57 Å². The largest absolute Gasteiger partial charge is 1.00 e. The van der Waals surface area contributed by atoms with Crippen LogP contribution in [0.4, 0.5) is 0 Å². The van der Waals surface area contributed by atoms with Gasteiger partial charge in [-0.15, -0.1) is 0 Å². The minimum Gasteiger partial charge on any atom is -1.00 e. The van der Waals surface area contributed by atoms with Crippen molar-refractivity contribution in [2.24, 2.45) is 0 Å². The Labute approximate surface area is 78.8 Å². The molecule has 2 heteroatoms. The first-order valence-electron chi connectivity index (χ1n) is 3.85. The zero-order valence-corrected chi connectivity index (χ0v) is 8.63. The van der Waals surface area contributed by atoms with Crippen molar-refractivity contribution in [2.75, 3.05) is 0 Å². The summed E-state index contributed by atoms with van der Waals surface area (Å²) in [5.74, 6) is 0. The quantitative estimate of drug-likeness (QED) is 0.533. The van der Waals surface area contributed by atoms with Crippen LogP contribution in [-0.4, -0.2) is 0 Å². The van der Waals surface area contributed by atoms with E-state index >= 15 is 0 Å². The van der Waals surface area contributed by atoms with Crippen LogP contribution >= 0.6 is 0 Å². The zero-order valence-electron chi connectivity index (χ0n) is 7.05. The van der Waals surface area contributed by atoms with Gasteiger partial charge in [0.15, 0.2) is 11.9 Å². The van der Waals surface area contributed by atoms with Crippen LogP contribution in [0.3, 0.4) is 0 Å². The Morgan fingerprint density at radius 2 is 2.00 bits per heavy atom. The second-order valence-electron chi connectivity index (χ2n) is 2.33. The van der Waals surface area contributed by atoms with Gasteiger partial charge in [0, 0.05) is 18.6 Å². The molecule has 1 heterocycles. The lowest BCUT2D eigenvalue weighted by Crippen LogP contribution is -3.00. The summed E-state index contributed by atoms with van der Waals surface area (Å²) in [5, 5.41) is 0. The molecule has 1 rings (SSSR count). The van der Waals surface area contributed by atoms with Crippen LogP contribution in [0.5, 0.6) is 0 Å². The lowest BCUT2D eigenvalue weighted by molar-refractivity contribution is -0.700. The van der Waals surface area contributed by atoms with Crippen LogP contribution in [0.15, 0.2) is 24.4 Å². The van der Waals surface area contributed by atoms with E-state index in [1.54, 1.807) is 0 Å². The van der Waals surface area contributed by atoms with Gasteiger partial charge >= 0.3 is 0 Å². The molecule has 0 aliphatic heterocycles. The molecule has 1 aromatic heterocycles. The number of aromatic nitrogens is 1. The molecule has 0 unspecified atom stereocenters. The molecule has 11 heavy (non-hydrogen) atoms. The summed E-state index contributed by atoms with van der Waals surface area (Å²) in [5.41, 5.74) is 1.41. The normalized spacial score (nSPS) is 8.91. The van der Waals surface area contributed by atoms with E-state index in [2.05, 4.69) is 42.8 Å². The van der Waals surface area contributed by atoms with Crippen LogP contribution in [-0.2, 0) is 13.0 Å². The molecular weight excluding hydrogens is 202 g/mol. The molecule has 0 bridgehead atoms. The van der Waals surface area contributed by atoms with Crippen LogP contribution in [0.1, 0.15) is 19.5 Å². The topological polar surface area (TPSA) is 3.88 Å². The lowest BCUT2D eigenvalue weighted by Gasteiger charge is -1.96. The fraction of sp³-hybridized carbons (Fsp3) is 0.444. The van der Waals surface area contributed by atoms with E-state index in [1.807, 2.05) is 0 Å². The van der Waals surface area contributed by atoms with Crippen molar-refractivity contribution in [3.05, 3.63) is 30.1 Å². The van der Waals surface area contributed by atoms with E-state index < -0.39 is 0 Å². The average Bonchev–Trinajstić information content (AvgIpc) is 2.04. The molecule has 0 atom stereocenters. The summed E-state index contributed by atoms with van der Waals surface area (Å²) < 4.78 is 2.26. The fourth-order valence-corrected chi connectivity index (χ4v) is 1.14. The van der Waals surface area contributed by atoms with Crippen LogP contribution < -0.4 is 21.5 Å². The van der Waals surface area contributed by atoms with Gasteiger partial charge < -0.3 is 17.0 Å². The number of hydrogen-bond donors (Lipinski definition) is 0. The van der Waals surface area contributed by atoms with Crippen LogP contribution in [0.25, 0.3) is 0 Å². The number of hydrogen-bond acceptors (Lipinski definition) is 0. The van der Waals surface area contributed by atoms with Crippen LogP contribution in [0.2, 0.25) is 0 Å². The molecule has 0 fully saturated rings. The maximum absolute atomic E-state index is 2.26. The third kappa shape index (κ3) is 2.62. The first-order valence-corrected chi connectivity index (χ1v) is 3.85. The highest BCUT2D eigenvalue weighted by Gasteiger charge is 2.01. The standard InChI is InChI=1S/C9H14N.BrH/c1-3-9-7-5-6-8-10(9)4-2;/h5-8H,3-4H2,1-2H3;1H/q+1;/p-1. The number of aryl methyl sites for hydroxylation is 2. The van der Waals surface area contributed by atoms with E-state index in [-0.39, 0.29) is 17.0 Å². The molecule has 0 amide bonds.